The fraction of sp³-hybridized carbons (Fsp3) is 0.750. The second kappa shape index (κ2) is 7.08. The van der Waals surface area contributed by atoms with Gasteiger partial charge in [-0.05, 0) is 33.7 Å². The molecule has 4 N–H and O–H groups in total. The van der Waals surface area contributed by atoms with E-state index in [1.807, 2.05) is 0 Å². The van der Waals surface area contributed by atoms with Gasteiger partial charge in [0.05, 0.1) is 6.04 Å². The zero-order valence-electron chi connectivity index (χ0n) is 11.6. The van der Waals surface area contributed by atoms with Crippen molar-refractivity contribution < 1.29 is 14.4 Å². The Morgan fingerprint density at radius 1 is 0.789 bits per heavy atom. The smallest absolute Gasteiger partial charge is 0.242 e. The van der Waals surface area contributed by atoms with Gasteiger partial charge >= 0.3 is 0 Å². The Labute approximate surface area is 112 Å². The summed E-state index contributed by atoms with van der Waals surface area (Å²) in [6, 6.07) is -1.66. The highest BCUT2D eigenvalue weighted by Gasteiger charge is 2.23. The van der Waals surface area contributed by atoms with Crippen LogP contribution in [0.1, 0.15) is 27.2 Å². The van der Waals surface area contributed by atoms with Gasteiger partial charge in [-0.1, -0.05) is 0 Å². The summed E-state index contributed by atoms with van der Waals surface area (Å²) in [4.78, 5) is 35.2. The van der Waals surface area contributed by atoms with Gasteiger partial charge in [-0.25, -0.2) is 0 Å². The minimum absolute atomic E-state index is 0.223. The molecule has 19 heavy (non-hydrogen) atoms. The summed E-state index contributed by atoms with van der Waals surface area (Å²) in [5.41, 5.74) is 0. The van der Waals surface area contributed by atoms with Crippen LogP contribution >= 0.6 is 0 Å². The largest absolute Gasteiger partial charge is 0.354 e. The molecule has 0 aromatic rings. The molecule has 0 aliphatic carbocycles. The van der Waals surface area contributed by atoms with Gasteiger partial charge in [0.1, 0.15) is 12.1 Å². The van der Waals surface area contributed by atoms with E-state index in [1.54, 1.807) is 20.8 Å². The Bertz CT molecular complexity index is 359. The number of carbonyl (C=O) groups is 3. The van der Waals surface area contributed by atoms with Crippen LogP contribution in [0.2, 0.25) is 0 Å². The lowest BCUT2D eigenvalue weighted by atomic mass is 10.2. The van der Waals surface area contributed by atoms with Crippen LogP contribution in [0.4, 0.5) is 0 Å². The van der Waals surface area contributed by atoms with Gasteiger partial charge in [-0.3, -0.25) is 14.4 Å². The Morgan fingerprint density at radius 2 is 1.32 bits per heavy atom. The standard InChI is InChI=1S/C12H22N4O3/c1-7-11(18)16-9(3)12(19)15-8(2)10(17)14-6-4-5-13-7/h7-9,13H,4-6H2,1-3H3,(H,14,17)(H,15,19)(H,16,18)/t7-,8-,9-/m0/s1. The summed E-state index contributed by atoms with van der Waals surface area (Å²) in [5, 5.41) is 10.9. The van der Waals surface area contributed by atoms with Crippen molar-refractivity contribution in [1.82, 2.24) is 21.3 Å². The van der Waals surface area contributed by atoms with Gasteiger partial charge in [0, 0.05) is 6.54 Å². The Hall–Kier alpha value is -1.63. The molecule has 1 heterocycles. The first kappa shape index (κ1) is 15.4. The highest BCUT2D eigenvalue weighted by molar-refractivity contribution is 5.92. The second-order valence-corrected chi connectivity index (χ2v) is 4.78. The van der Waals surface area contributed by atoms with E-state index < -0.39 is 12.1 Å². The predicted molar refractivity (Wildman–Crippen MR) is 70.3 cm³/mol. The molecule has 0 aromatic carbocycles. The number of rotatable bonds is 0. The lowest BCUT2D eigenvalue weighted by Crippen LogP contribution is -2.53. The molecule has 0 unspecified atom stereocenters. The fourth-order valence-electron chi connectivity index (χ4n) is 1.67. The number of hydrogen-bond acceptors (Lipinski definition) is 4. The molecule has 0 saturated carbocycles. The number of hydrogen-bond donors (Lipinski definition) is 4. The van der Waals surface area contributed by atoms with Crippen LogP contribution in [0.5, 0.6) is 0 Å². The van der Waals surface area contributed by atoms with E-state index in [2.05, 4.69) is 21.3 Å². The first-order valence-corrected chi connectivity index (χ1v) is 6.53. The van der Waals surface area contributed by atoms with E-state index in [0.29, 0.717) is 13.1 Å². The van der Waals surface area contributed by atoms with Crippen molar-refractivity contribution in [3.8, 4) is 0 Å². The van der Waals surface area contributed by atoms with Crippen LogP contribution in [0, 0.1) is 0 Å². The van der Waals surface area contributed by atoms with Crippen molar-refractivity contribution in [2.75, 3.05) is 13.1 Å². The molecule has 0 radical (unpaired) electrons. The van der Waals surface area contributed by atoms with Crippen LogP contribution in [-0.4, -0.2) is 48.9 Å². The molecular weight excluding hydrogens is 248 g/mol. The monoisotopic (exact) mass is 270 g/mol. The summed E-state index contributed by atoms with van der Waals surface area (Å²) >= 11 is 0. The summed E-state index contributed by atoms with van der Waals surface area (Å²) in [6.07, 6.45) is 0.722. The van der Waals surface area contributed by atoms with Crippen LogP contribution in [0.25, 0.3) is 0 Å². The predicted octanol–water partition coefficient (Wildman–Crippen LogP) is -1.51. The Balaban J connectivity index is 2.71. The van der Waals surface area contributed by atoms with Crippen LogP contribution in [-0.2, 0) is 14.4 Å². The molecule has 0 bridgehead atoms. The maximum absolute atomic E-state index is 11.8. The first-order valence-electron chi connectivity index (χ1n) is 6.53. The minimum Gasteiger partial charge on any atom is -0.354 e. The molecule has 7 heteroatoms. The summed E-state index contributed by atoms with van der Waals surface area (Å²) in [5.74, 6) is -0.824. The van der Waals surface area contributed by atoms with Crippen LogP contribution in [0.3, 0.4) is 0 Å². The zero-order valence-corrected chi connectivity index (χ0v) is 11.6. The quantitative estimate of drug-likeness (QED) is 0.430. The highest BCUT2D eigenvalue weighted by Crippen LogP contribution is 1.92. The molecule has 7 nitrogen and oxygen atoms in total. The van der Waals surface area contributed by atoms with Crippen molar-refractivity contribution in [3.63, 3.8) is 0 Å². The van der Waals surface area contributed by atoms with Gasteiger partial charge in [0.15, 0.2) is 0 Å². The molecule has 1 aliphatic heterocycles. The van der Waals surface area contributed by atoms with E-state index in [9.17, 15) is 14.4 Å². The topological polar surface area (TPSA) is 99.3 Å². The van der Waals surface area contributed by atoms with Crippen LogP contribution in [0.15, 0.2) is 0 Å². The third kappa shape index (κ3) is 4.86. The summed E-state index contributed by atoms with van der Waals surface area (Å²) in [7, 11) is 0. The van der Waals surface area contributed by atoms with Crippen molar-refractivity contribution in [3.05, 3.63) is 0 Å². The SMILES string of the molecule is C[C@@H]1NCCCNC(=O)[C@H](C)NC(=O)[C@H](C)NC1=O. The zero-order chi connectivity index (χ0) is 14.4. The lowest BCUT2D eigenvalue weighted by molar-refractivity contribution is -0.131. The van der Waals surface area contributed by atoms with Gasteiger partial charge in [0.25, 0.3) is 0 Å². The summed E-state index contributed by atoms with van der Waals surface area (Å²) < 4.78 is 0. The molecule has 1 aliphatic rings. The average molecular weight is 270 g/mol. The van der Waals surface area contributed by atoms with Crippen molar-refractivity contribution >= 4 is 17.7 Å². The molecule has 1 rings (SSSR count). The molecule has 108 valence electrons. The molecular formula is C12H22N4O3. The van der Waals surface area contributed by atoms with Crippen LogP contribution < -0.4 is 21.3 Å². The minimum atomic E-state index is -0.673. The molecule has 1 saturated heterocycles. The molecule has 0 aromatic heterocycles. The fourth-order valence-corrected chi connectivity index (χ4v) is 1.67. The van der Waals surface area contributed by atoms with E-state index >= 15 is 0 Å². The molecule has 1 fully saturated rings. The van der Waals surface area contributed by atoms with Crippen molar-refractivity contribution in [2.24, 2.45) is 0 Å². The Kier molecular flexibility index (Phi) is 5.75. The number of nitrogens with one attached hydrogen (secondary N) is 4. The third-order valence-electron chi connectivity index (χ3n) is 3.00. The van der Waals surface area contributed by atoms with E-state index in [0.717, 1.165) is 6.42 Å². The van der Waals surface area contributed by atoms with Gasteiger partial charge in [-0.15, -0.1) is 0 Å². The maximum Gasteiger partial charge on any atom is 0.242 e. The molecule has 3 atom stereocenters. The first-order chi connectivity index (χ1) is 8.91. The Morgan fingerprint density at radius 3 is 1.95 bits per heavy atom. The van der Waals surface area contributed by atoms with Gasteiger partial charge in [0.2, 0.25) is 17.7 Å². The van der Waals surface area contributed by atoms with E-state index in [1.165, 1.54) is 0 Å². The number of amides is 3. The van der Waals surface area contributed by atoms with E-state index in [4.69, 9.17) is 0 Å². The normalized spacial score (nSPS) is 31.1. The average Bonchev–Trinajstić information content (AvgIpc) is 2.36. The summed E-state index contributed by atoms with van der Waals surface area (Å²) in [6.45, 7) is 6.07. The second-order valence-electron chi connectivity index (χ2n) is 4.78. The molecule has 0 spiro atoms. The molecule has 3 amide bonds. The van der Waals surface area contributed by atoms with Crippen molar-refractivity contribution in [2.45, 2.75) is 45.3 Å². The third-order valence-corrected chi connectivity index (χ3v) is 3.00. The van der Waals surface area contributed by atoms with Gasteiger partial charge in [-0.2, -0.15) is 0 Å². The maximum atomic E-state index is 11.8. The highest BCUT2D eigenvalue weighted by atomic mass is 16.2. The number of carbonyl (C=O) groups excluding carboxylic acids is 3. The van der Waals surface area contributed by atoms with Crippen molar-refractivity contribution in [1.29, 1.82) is 0 Å². The lowest BCUT2D eigenvalue weighted by Gasteiger charge is -2.19. The van der Waals surface area contributed by atoms with Gasteiger partial charge < -0.3 is 21.3 Å². The van der Waals surface area contributed by atoms with E-state index in [-0.39, 0.29) is 23.8 Å².